The highest BCUT2D eigenvalue weighted by Crippen LogP contribution is 2.11. The molecule has 0 aliphatic carbocycles. The van der Waals surface area contributed by atoms with Crippen molar-refractivity contribution in [3.8, 4) is 0 Å². The zero-order valence-electron chi connectivity index (χ0n) is 7.61. The Morgan fingerprint density at radius 1 is 1.50 bits per heavy atom. The summed E-state index contributed by atoms with van der Waals surface area (Å²) in [6.45, 7) is 0. The van der Waals surface area contributed by atoms with Gasteiger partial charge in [0.05, 0.1) is 6.26 Å². The van der Waals surface area contributed by atoms with E-state index in [-0.39, 0.29) is 5.84 Å². The van der Waals surface area contributed by atoms with Crippen molar-refractivity contribution in [2.75, 3.05) is 11.0 Å². The van der Waals surface area contributed by atoms with Crippen LogP contribution in [0.2, 0.25) is 0 Å². The Bertz CT molecular complexity index is 453. The molecule has 0 heterocycles. The molecule has 0 spiro atoms. The molecule has 0 saturated heterocycles. The predicted octanol–water partition coefficient (Wildman–Crippen LogP) is 0.342. The molecule has 0 aromatic heterocycles. The fraction of sp³-hybridized carbons (Fsp3) is 0.125. The molecule has 0 saturated carbocycles. The van der Waals surface area contributed by atoms with E-state index in [0.29, 0.717) is 11.3 Å². The third-order valence-electron chi connectivity index (χ3n) is 1.48. The van der Waals surface area contributed by atoms with Gasteiger partial charge in [-0.05, 0) is 12.1 Å². The second kappa shape index (κ2) is 3.67. The molecule has 0 bridgehead atoms. The number of sulfonamides is 1. The first-order chi connectivity index (χ1) is 6.38. The van der Waals surface area contributed by atoms with Crippen molar-refractivity contribution in [1.29, 1.82) is 5.41 Å². The lowest BCUT2D eigenvalue weighted by Crippen LogP contribution is -2.13. The van der Waals surface area contributed by atoms with E-state index in [1.54, 1.807) is 18.2 Å². The van der Waals surface area contributed by atoms with Crippen LogP contribution in [-0.2, 0) is 10.0 Å². The molecule has 0 fully saturated rings. The lowest BCUT2D eigenvalue weighted by molar-refractivity contribution is 0.607. The molecule has 76 valence electrons. The van der Waals surface area contributed by atoms with Crippen molar-refractivity contribution in [1.82, 2.24) is 0 Å². The summed E-state index contributed by atoms with van der Waals surface area (Å²) in [6, 6.07) is 6.36. The topological polar surface area (TPSA) is 96.0 Å². The van der Waals surface area contributed by atoms with E-state index in [0.717, 1.165) is 6.26 Å². The molecule has 0 unspecified atom stereocenters. The van der Waals surface area contributed by atoms with E-state index in [9.17, 15) is 8.42 Å². The van der Waals surface area contributed by atoms with E-state index in [2.05, 4.69) is 4.72 Å². The Morgan fingerprint density at radius 3 is 2.64 bits per heavy atom. The van der Waals surface area contributed by atoms with Gasteiger partial charge in [-0.25, -0.2) is 8.42 Å². The molecule has 1 aromatic rings. The largest absolute Gasteiger partial charge is 0.384 e. The lowest BCUT2D eigenvalue weighted by Gasteiger charge is -2.05. The van der Waals surface area contributed by atoms with E-state index in [1.165, 1.54) is 6.07 Å². The molecule has 0 aliphatic heterocycles. The number of amidine groups is 1. The fourth-order valence-electron chi connectivity index (χ4n) is 0.964. The Balaban J connectivity index is 3.01. The van der Waals surface area contributed by atoms with Crippen LogP contribution in [0.4, 0.5) is 5.69 Å². The molecule has 14 heavy (non-hydrogen) atoms. The van der Waals surface area contributed by atoms with E-state index < -0.39 is 10.0 Å². The average Bonchev–Trinajstić information content (AvgIpc) is 2.01. The van der Waals surface area contributed by atoms with E-state index in [4.69, 9.17) is 11.1 Å². The highest BCUT2D eigenvalue weighted by molar-refractivity contribution is 7.92. The van der Waals surface area contributed by atoms with Crippen molar-refractivity contribution in [3.05, 3.63) is 29.8 Å². The Hall–Kier alpha value is -1.56. The number of nitrogen functional groups attached to an aromatic ring is 1. The summed E-state index contributed by atoms with van der Waals surface area (Å²) < 4.78 is 24.1. The molecule has 4 N–H and O–H groups in total. The minimum Gasteiger partial charge on any atom is -0.384 e. The second-order valence-corrected chi connectivity index (χ2v) is 4.62. The van der Waals surface area contributed by atoms with Crippen LogP contribution in [0.3, 0.4) is 0 Å². The molecule has 0 amide bonds. The Morgan fingerprint density at radius 2 is 2.14 bits per heavy atom. The van der Waals surface area contributed by atoms with Crippen LogP contribution in [0.5, 0.6) is 0 Å². The van der Waals surface area contributed by atoms with Crippen molar-refractivity contribution in [2.24, 2.45) is 5.73 Å². The third kappa shape index (κ3) is 3.06. The minimum atomic E-state index is -3.28. The number of nitrogens with two attached hydrogens (primary N) is 1. The van der Waals surface area contributed by atoms with E-state index >= 15 is 0 Å². The molecule has 6 heteroatoms. The van der Waals surface area contributed by atoms with Gasteiger partial charge < -0.3 is 5.73 Å². The highest BCUT2D eigenvalue weighted by Gasteiger charge is 2.03. The van der Waals surface area contributed by atoms with Gasteiger partial charge in [-0.3, -0.25) is 10.1 Å². The van der Waals surface area contributed by atoms with E-state index in [1.807, 2.05) is 0 Å². The maximum Gasteiger partial charge on any atom is 0.229 e. The van der Waals surface area contributed by atoms with Crippen LogP contribution in [0.25, 0.3) is 0 Å². The molecule has 5 nitrogen and oxygen atoms in total. The minimum absolute atomic E-state index is 0.0952. The van der Waals surface area contributed by atoms with Gasteiger partial charge in [0, 0.05) is 11.3 Å². The first-order valence-corrected chi connectivity index (χ1v) is 5.70. The zero-order valence-corrected chi connectivity index (χ0v) is 8.43. The molecular weight excluding hydrogens is 202 g/mol. The van der Waals surface area contributed by atoms with Gasteiger partial charge in [0.1, 0.15) is 5.84 Å². The first-order valence-electron chi connectivity index (χ1n) is 3.81. The summed E-state index contributed by atoms with van der Waals surface area (Å²) in [5.41, 5.74) is 6.14. The van der Waals surface area contributed by atoms with Crippen LogP contribution in [-0.4, -0.2) is 20.5 Å². The van der Waals surface area contributed by atoms with Gasteiger partial charge in [0.2, 0.25) is 10.0 Å². The van der Waals surface area contributed by atoms with Crippen LogP contribution >= 0.6 is 0 Å². The zero-order chi connectivity index (χ0) is 10.8. The van der Waals surface area contributed by atoms with Crippen molar-refractivity contribution in [2.45, 2.75) is 0 Å². The lowest BCUT2D eigenvalue weighted by atomic mass is 10.2. The van der Waals surface area contributed by atoms with Crippen molar-refractivity contribution in [3.63, 3.8) is 0 Å². The highest BCUT2D eigenvalue weighted by atomic mass is 32.2. The molecule has 0 aliphatic rings. The molecular formula is C8H11N3O2S. The third-order valence-corrected chi connectivity index (χ3v) is 2.08. The normalized spacial score (nSPS) is 10.9. The predicted molar refractivity (Wildman–Crippen MR) is 55.9 cm³/mol. The maximum absolute atomic E-state index is 10.9. The quantitative estimate of drug-likeness (QED) is 0.499. The number of anilines is 1. The number of rotatable bonds is 3. The van der Waals surface area contributed by atoms with Crippen LogP contribution in [0, 0.1) is 5.41 Å². The Labute approximate surface area is 82.5 Å². The fourth-order valence-corrected chi connectivity index (χ4v) is 1.52. The molecule has 1 aromatic carbocycles. The van der Waals surface area contributed by atoms with Crippen molar-refractivity contribution < 1.29 is 8.42 Å². The number of nitrogens with one attached hydrogen (secondary N) is 2. The first kappa shape index (κ1) is 10.5. The van der Waals surface area contributed by atoms with Crippen molar-refractivity contribution >= 4 is 21.5 Å². The number of hydrogen-bond acceptors (Lipinski definition) is 3. The summed E-state index contributed by atoms with van der Waals surface area (Å²) >= 11 is 0. The SMILES string of the molecule is CS(=O)(=O)Nc1cccc(C(=N)N)c1. The van der Waals surface area contributed by atoms with Gasteiger partial charge in [0.25, 0.3) is 0 Å². The molecule has 1 rings (SSSR count). The summed E-state index contributed by atoms with van der Waals surface area (Å²) in [7, 11) is -3.28. The van der Waals surface area contributed by atoms with Crippen LogP contribution < -0.4 is 10.5 Å². The van der Waals surface area contributed by atoms with Gasteiger partial charge >= 0.3 is 0 Å². The molecule has 0 radical (unpaired) electrons. The van der Waals surface area contributed by atoms with Crippen LogP contribution in [0.1, 0.15) is 5.56 Å². The average molecular weight is 213 g/mol. The summed E-state index contributed by atoms with van der Waals surface area (Å²) in [6.07, 6.45) is 1.06. The van der Waals surface area contributed by atoms with Crippen LogP contribution in [0.15, 0.2) is 24.3 Å². The maximum atomic E-state index is 10.9. The Kier molecular flexibility index (Phi) is 2.76. The molecule has 0 atom stereocenters. The summed E-state index contributed by atoms with van der Waals surface area (Å²) in [4.78, 5) is 0. The smallest absolute Gasteiger partial charge is 0.229 e. The summed E-state index contributed by atoms with van der Waals surface area (Å²) in [5.74, 6) is -0.0952. The number of benzene rings is 1. The monoisotopic (exact) mass is 213 g/mol. The van der Waals surface area contributed by atoms with Gasteiger partial charge in [-0.15, -0.1) is 0 Å². The number of hydrogen-bond donors (Lipinski definition) is 3. The second-order valence-electron chi connectivity index (χ2n) is 2.87. The standard InChI is InChI=1S/C8H11N3O2S/c1-14(12,13)11-7-4-2-3-6(5-7)8(9)10/h2-5,11H,1H3,(H3,9,10). The van der Waals surface area contributed by atoms with Gasteiger partial charge in [-0.2, -0.15) is 0 Å². The van der Waals surface area contributed by atoms with Gasteiger partial charge in [-0.1, -0.05) is 12.1 Å². The van der Waals surface area contributed by atoms with Gasteiger partial charge in [0.15, 0.2) is 0 Å². The summed E-state index contributed by atoms with van der Waals surface area (Å²) in [5, 5.41) is 7.16.